The maximum Gasteiger partial charge on any atom is 0.331 e. The number of esters is 1. The maximum absolute atomic E-state index is 12.9. The lowest BCUT2D eigenvalue weighted by Gasteiger charge is -2.35. The first-order valence-electron chi connectivity index (χ1n) is 8.23. The largest absolute Gasteiger partial charge is 0.452 e. The average Bonchev–Trinajstić information content (AvgIpc) is 3.07. The van der Waals surface area contributed by atoms with E-state index in [0.29, 0.717) is 6.42 Å². The zero-order valence-corrected chi connectivity index (χ0v) is 13.5. The molecule has 1 amide bonds. The molecule has 2 aliphatic rings. The Kier molecular flexibility index (Phi) is 3.94. The van der Waals surface area contributed by atoms with Crippen LogP contribution in [0, 0.1) is 0 Å². The summed E-state index contributed by atoms with van der Waals surface area (Å²) in [6, 6.07) is 17.2. The number of benzene rings is 2. The minimum Gasteiger partial charge on any atom is -0.452 e. The summed E-state index contributed by atoms with van der Waals surface area (Å²) < 4.78 is 5.41. The van der Waals surface area contributed by atoms with E-state index in [-0.39, 0.29) is 17.9 Å². The van der Waals surface area contributed by atoms with Crippen molar-refractivity contribution in [2.45, 2.75) is 18.6 Å². The molecule has 2 atom stereocenters. The summed E-state index contributed by atoms with van der Waals surface area (Å²) >= 11 is 0. The number of amides is 1. The number of rotatable bonds is 3. The highest BCUT2D eigenvalue weighted by Crippen LogP contribution is 2.36. The first-order valence-corrected chi connectivity index (χ1v) is 8.23. The average molecular weight is 331 g/mol. The van der Waals surface area contributed by atoms with E-state index in [1.807, 2.05) is 60.7 Å². The second-order valence-corrected chi connectivity index (χ2v) is 6.11. The normalized spacial score (nSPS) is 21.1. The van der Waals surface area contributed by atoms with Gasteiger partial charge in [0.15, 0.2) is 0 Å². The van der Waals surface area contributed by atoms with Crippen molar-refractivity contribution in [1.82, 2.24) is 4.90 Å². The highest BCUT2D eigenvalue weighted by molar-refractivity contribution is 5.86. The lowest BCUT2D eigenvalue weighted by Crippen LogP contribution is -2.39. The summed E-state index contributed by atoms with van der Waals surface area (Å²) in [5.74, 6) is -0.397. The SMILES string of the molecule is O=C1C=C[C@H]([C@H]2c3ccccc3C=CN2C(=O)Cc2ccccc2)O1. The van der Waals surface area contributed by atoms with Crippen molar-refractivity contribution in [1.29, 1.82) is 0 Å². The molecule has 0 unspecified atom stereocenters. The standard InChI is InChI=1S/C21H17NO3/c23-19(14-15-6-2-1-3-7-15)22-13-12-16-8-4-5-9-17(16)21(22)18-10-11-20(24)25-18/h1-13,18,21H,14H2/t18-,21-/m1/s1. The summed E-state index contributed by atoms with van der Waals surface area (Å²) in [7, 11) is 0. The van der Waals surface area contributed by atoms with Gasteiger partial charge in [0.25, 0.3) is 0 Å². The third kappa shape index (κ3) is 2.98. The number of fused-ring (bicyclic) bond motifs is 1. The molecule has 25 heavy (non-hydrogen) atoms. The van der Waals surface area contributed by atoms with Gasteiger partial charge in [0.05, 0.1) is 6.42 Å². The lowest BCUT2D eigenvalue weighted by molar-refractivity contribution is -0.144. The van der Waals surface area contributed by atoms with Crippen molar-refractivity contribution in [2.75, 3.05) is 0 Å². The van der Waals surface area contributed by atoms with Gasteiger partial charge in [-0.2, -0.15) is 0 Å². The van der Waals surface area contributed by atoms with E-state index in [9.17, 15) is 9.59 Å². The predicted molar refractivity (Wildman–Crippen MR) is 94.2 cm³/mol. The lowest BCUT2D eigenvalue weighted by atomic mass is 9.92. The molecule has 4 heteroatoms. The van der Waals surface area contributed by atoms with Crippen molar-refractivity contribution in [3.8, 4) is 0 Å². The molecule has 0 bridgehead atoms. The Morgan fingerprint density at radius 1 is 1.00 bits per heavy atom. The number of carbonyl (C=O) groups excluding carboxylic acids is 2. The fourth-order valence-electron chi connectivity index (χ4n) is 3.33. The Bertz CT molecular complexity index is 870. The van der Waals surface area contributed by atoms with E-state index in [1.165, 1.54) is 6.08 Å². The summed E-state index contributed by atoms with van der Waals surface area (Å²) in [6.45, 7) is 0. The van der Waals surface area contributed by atoms with Gasteiger partial charge in [0, 0.05) is 12.3 Å². The molecule has 0 fully saturated rings. The number of ether oxygens (including phenoxy) is 1. The quantitative estimate of drug-likeness (QED) is 0.811. The molecule has 0 aromatic heterocycles. The van der Waals surface area contributed by atoms with Crippen molar-refractivity contribution >= 4 is 18.0 Å². The van der Waals surface area contributed by atoms with Crippen molar-refractivity contribution < 1.29 is 14.3 Å². The van der Waals surface area contributed by atoms with Crippen LogP contribution >= 0.6 is 0 Å². The molecule has 0 spiro atoms. The van der Waals surface area contributed by atoms with E-state index in [0.717, 1.165) is 16.7 Å². The van der Waals surface area contributed by atoms with Gasteiger partial charge < -0.3 is 9.64 Å². The van der Waals surface area contributed by atoms with Crippen LogP contribution in [0.1, 0.15) is 22.7 Å². The zero-order valence-electron chi connectivity index (χ0n) is 13.5. The second kappa shape index (κ2) is 6.40. The van der Waals surface area contributed by atoms with Crippen molar-refractivity contribution in [3.05, 3.63) is 89.6 Å². The Labute approximate surface area is 146 Å². The van der Waals surface area contributed by atoms with Crippen LogP contribution in [0.4, 0.5) is 0 Å². The van der Waals surface area contributed by atoms with Gasteiger partial charge in [0.2, 0.25) is 5.91 Å². The topological polar surface area (TPSA) is 46.6 Å². The number of carbonyl (C=O) groups is 2. The molecule has 2 heterocycles. The van der Waals surface area contributed by atoms with Gasteiger partial charge in [-0.05, 0) is 28.8 Å². The van der Waals surface area contributed by atoms with Crippen LogP contribution in [-0.4, -0.2) is 22.9 Å². The first-order chi connectivity index (χ1) is 12.2. The van der Waals surface area contributed by atoms with E-state index in [4.69, 9.17) is 4.74 Å². The Morgan fingerprint density at radius 2 is 1.76 bits per heavy atom. The minimum atomic E-state index is -0.474. The molecule has 2 aliphatic heterocycles. The third-order valence-electron chi connectivity index (χ3n) is 4.50. The van der Waals surface area contributed by atoms with Crippen LogP contribution in [0.2, 0.25) is 0 Å². The Hall–Kier alpha value is -3.14. The molecule has 0 saturated heterocycles. The van der Waals surface area contributed by atoms with Crippen LogP contribution in [0.15, 0.2) is 72.9 Å². The molecule has 2 aromatic rings. The van der Waals surface area contributed by atoms with Crippen LogP contribution in [0.3, 0.4) is 0 Å². The Morgan fingerprint density at radius 3 is 2.52 bits per heavy atom. The molecule has 2 aromatic carbocycles. The summed E-state index contributed by atoms with van der Waals surface area (Å²) in [6.07, 6.45) is 6.69. The van der Waals surface area contributed by atoms with Crippen LogP contribution < -0.4 is 0 Å². The van der Waals surface area contributed by atoms with E-state index < -0.39 is 6.10 Å². The van der Waals surface area contributed by atoms with Crippen LogP contribution in [0.25, 0.3) is 6.08 Å². The fraction of sp³-hybridized carbons (Fsp3) is 0.143. The highest BCUT2D eigenvalue weighted by Gasteiger charge is 2.37. The van der Waals surface area contributed by atoms with Gasteiger partial charge in [-0.3, -0.25) is 4.79 Å². The molecule has 0 radical (unpaired) electrons. The number of nitrogens with zero attached hydrogens (tertiary/aromatic N) is 1. The summed E-state index contributed by atoms with van der Waals surface area (Å²) in [4.78, 5) is 26.2. The highest BCUT2D eigenvalue weighted by atomic mass is 16.5. The van der Waals surface area contributed by atoms with Crippen molar-refractivity contribution in [2.24, 2.45) is 0 Å². The smallest absolute Gasteiger partial charge is 0.331 e. The molecule has 4 nitrogen and oxygen atoms in total. The van der Waals surface area contributed by atoms with Crippen LogP contribution in [0.5, 0.6) is 0 Å². The molecule has 4 rings (SSSR count). The number of cyclic esters (lactones) is 1. The molecule has 0 N–H and O–H groups in total. The molecule has 0 saturated carbocycles. The summed E-state index contributed by atoms with van der Waals surface area (Å²) in [5, 5.41) is 0. The van der Waals surface area contributed by atoms with Gasteiger partial charge in [-0.25, -0.2) is 4.79 Å². The van der Waals surface area contributed by atoms with Gasteiger partial charge in [-0.15, -0.1) is 0 Å². The molecule has 124 valence electrons. The zero-order chi connectivity index (χ0) is 17.2. The molecular weight excluding hydrogens is 314 g/mol. The monoisotopic (exact) mass is 331 g/mol. The van der Waals surface area contributed by atoms with E-state index in [2.05, 4.69) is 0 Å². The Balaban J connectivity index is 1.67. The second-order valence-electron chi connectivity index (χ2n) is 6.11. The number of hydrogen-bond acceptors (Lipinski definition) is 3. The number of hydrogen-bond donors (Lipinski definition) is 0. The maximum atomic E-state index is 12.9. The first kappa shape index (κ1) is 15.4. The van der Waals surface area contributed by atoms with E-state index >= 15 is 0 Å². The summed E-state index contributed by atoms with van der Waals surface area (Å²) in [5.41, 5.74) is 2.97. The predicted octanol–water partition coefficient (Wildman–Crippen LogP) is 3.26. The van der Waals surface area contributed by atoms with Gasteiger partial charge in [0.1, 0.15) is 12.1 Å². The van der Waals surface area contributed by atoms with Crippen molar-refractivity contribution in [3.63, 3.8) is 0 Å². The van der Waals surface area contributed by atoms with E-state index in [1.54, 1.807) is 17.2 Å². The minimum absolute atomic E-state index is 0.0293. The molecule has 0 aliphatic carbocycles. The van der Waals surface area contributed by atoms with Gasteiger partial charge >= 0.3 is 5.97 Å². The third-order valence-corrected chi connectivity index (χ3v) is 4.50. The fourth-order valence-corrected chi connectivity index (χ4v) is 3.33. The van der Waals surface area contributed by atoms with Gasteiger partial charge in [-0.1, -0.05) is 54.6 Å². The molecular formula is C21H17NO3. The van der Waals surface area contributed by atoms with Crippen LogP contribution in [-0.2, 0) is 20.7 Å².